The molecule has 1 amide bonds. The Hall–Kier alpha value is -2.98. The van der Waals surface area contributed by atoms with Gasteiger partial charge in [0, 0.05) is 23.1 Å². The van der Waals surface area contributed by atoms with E-state index in [1.807, 2.05) is 49.4 Å². The molecule has 0 aliphatic rings. The normalized spacial score (nSPS) is 10.9. The fraction of sp³-hybridized carbons (Fsp3) is 0.130. The Morgan fingerprint density at radius 2 is 1.78 bits per heavy atom. The number of carbonyl (C=O) groups excluding carboxylic acids is 1. The van der Waals surface area contributed by atoms with Crippen LogP contribution in [0.4, 0.5) is 0 Å². The second-order valence-electron chi connectivity index (χ2n) is 6.48. The largest absolute Gasteiger partial charge is 0.352 e. The molecule has 0 saturated heterocycles. The maximum Gasteiger partial charge on any atom is 0.251 e. The van der Waals surface area contributed by atoms with Crippen LogP contribution in [0.5, 0.6) is 0 Å². The van der Waals surface area contributed by atoms with E-state index in [2.05, 4.69) is 39.9 Å². The Labute approximate surface area is 162 Å². The van der Waals surface area contributed by atoms with E-state index in [-0.39, 0.29) is 5.91 Å². The molecule has 0 bridgehead atoms. The smallest absolute Gasteiger partial charge is 0.251 e. The molecule has 0 radical (unpaired) electrons. The highest BCUT2D eigenvalue weighted by atomic mass is 32.1. The number of aromatic nitrogens is 1. The fourth-order valence-corrected chi connectivity index (χ4v) is 3.80. The lowest BCUT2D eigenvalue weighted by atomic mass is 10.0. The average molecular weight is 372 g/mol. The fourth-order valence-electron chi connectivity index (χ4n) is 3.18. The minimum atomic E-state index is -0.0265. The molecule has 1 aromatic heterocycles. The number of hydrogen-bond donors (Lipinski definition) is 1. The highest BCUT2D eigenvalue weighted by molar-refractivity contribution is 7.09. The number of thiazole rings is 1. The van der Waals surface area contributed by atoms with Gasteiger partial charge in [0.1, 0.15) is 0 Å². The maximum atomic E-state index is 12.6. The summed E-state index contributed by atoms with van der Waals surface area (Å²) in [7, 11) is 0. The van der Waals surface area contributed by atoms with Crippen LogP contribution >= 0.6 is 11.3 Å². The first kappa shape index (κ1) is 17.4. The molecule has 0 saturated carbocycles. The number of carbonyl (C=O) groups is 1. The monoisotopic (exact) mass is 372 g/mol. The molecule has 4 heteroatoms. The van der Waals surface area contributed by atoms with Crippen molar-refractivity contribution in [1.82, 2.24) is 10.3 Å². The SMILES string of the molecule is Cc1nc(-c2ccc(CCNC(=O)c3cccc4ccccc34)cc2)cs1. The van der Waals surface area contributed by atoms with E-state index in [1.165, 1.54) is 5.56 Å². The molecule has 3 nitrogen and oxygen atoms in total. The van der Waals surface area contributed by atoms with Gasteiger partial charge in [-0.3, -0.25) is 4.79 Å². The first-order valence-corrected chi connectivity index (χ1v) is 9.86. The molecule has 0 atom stereocenters. The van der Waals surface area contributed by atoms with Crippen molar-refractivity contribution in [3.05, 3.63) is 88.2 Å². The zero-order valence-electron chi connectivity index (χ0n) is 15.1. The third-order valence-electron chi connectivity index (χ3n) is 4.60. The minimum Gasteiger partial charge on any atom is -0.352 e. The van der Waals surface area contributed by atoms with Crippen LogP contribution in [0.3, 0.4) is 0 Å². The number of rotatable bonds is 5. The van der Waals surface area contributed by atoms with Gasteiger partial charge < -0.3 is 5.32 Å². The molecule has 27 heavy (non-hydrogen) atoms. The number of benzene rings is 3. The van der Waals surface area contributed by atoms with Gasteiger partial charge in [-0.15, -0.1) is 11.3 Å². The van der Waals surface area contributed by atoms with Gasteiger partial charge >= 0.3 is 0 Å². The van der Waals surface area contributed by atoms with Gasteiger partial charge in [0.05, 0.1) is 10.7 Å². The van der Waals surface area contributed by atoms with Gasteiger partial charge in [0.15, 0.2) is 0 Å². The number of nitrogens with one attached hydrogen (secondary N) is 1. The quantitative estimate of drug-likeness (QED) is 0.520. The lowest BCUT2D eigenvalue weighted by Gasteiger charge is -2.08. The Kier molecular flexibility index (Phi) is 4.99. The van der Waals surface area contributed by atoms with Crippen LogP contribution in [0.1, 0.15) is 20.9 Å². The van der Waals surface area contributed by atoms with Crippen LogP contribution in [0.15, 0.2) is 72.1 Å². The van der Waals surface area contributed by atoms with E-state index in [0.717, 1.165) is 39.0 Å². The molecule has 0 fully saturated rings. The summed E-state index contributed by atoms with van der Waals surface area (Å²) >= 11 is 1.66. The predicted octanol–water partition coefficient (Wildman–Crippen LogP) is 5.24. The van der Waals surface area contributed by atoms with Crippen molar-refractivity contribution in [2.75, 3.05) is 6.54 Å². The van der Waals surface area contributed by atoms with Crippen molar-refractivity contribution in [2.45, 2.75) is 13.3 Å². The molecule has 1 N–H and O–H groups in total. The van der Waals surface area contributed by atoms with Crippen molar-refractivity contribution < 1.29 is 4.79 Å². The zero-order valence-corrected chi connectivity index (χ0v) is 15.9. The molecule has 0 aliphatic heterocycles. The molecule has 4 rings (SSSR count). The molecule has 3 aromatic carbocycles. The van der Waals surface area contributed by atoms with Gasteiger partial charge in [-0.1, -0.05) is 60.7 Å². The minimum absolute atomic E-state index is 0.0265. The van der Waals surface area contributed by atoms with Gasteiger partial charge in [0.25, 0.3) is 5.91 Å². The van der Waals surface area contributed by atoms with Crippen molar-refractivity contribution in [3.63, 3.8) is 0 Å². The Balaban J connectivity index is 1.38. The second kappa shape index (κ2) is 7.72. The van der Waals surface area contributed by atoms with Crippen molar-refractivity contribution >= 4 is 28.0 Å². The Bertz CT molecular complexity index is 1080. The molecule has 134 valence electrons. The van der Waals surface area contributed by atoms with Crippen LogP contribution in [0.2, 0.25) is 0 Å². The molecule has 1 heterocycles. The Morgan fingerprint density at radius 1 is 1.00 bits per heavy atom. The number of hydrogen-bond acceptors (Lipinski definition) is 3. The standard InChI is InChI=1S/C23H20N2OS/c1-16-25-22(15-27-16)19-11-9-17(10-12-19)13-14-24-23(26)21-8-4-6-18-5-2-3-7-20(18)21/h2-12,15H,13-14H2,1H3,(H,24,26). The summed E-state index contributed by atoms with van der Waals surface area (Å²) in [4.78, 5) is 17.1. The van der Waals surface area contributed by atoms with E-state index >= 15 is 0 Å². The van der Waals surface area contributed by atoms with Crippen molar-refractivity contribution in [3.8, 4) is 11.3 Å². The first-order chi connectivity index (χ1) is 13.2. The zero-order chi connectivity index (χ0) is 18.6. The van der Waals surface area contributed by atoms with Gasteiger partial charge in [-0.25, -0.2) is 4.98 Å². The lowest BCUT2D eigenvalue weighted by molar-refractivity contribution is 0.0956. The van der Waals surface area contributed by atoms with Crippen molar-refractivity contribution in [1.29, 1.82) is 0 Å². The molecule has 0 aliphatic carbocycles. The third-order valence-corrected chi connectivity index (χ3v) is 5.38. The summed E-state index contributed by atoms with van der Waals surface area (Å²) in [6.07, 6.45) is 0.798. The Morgan fingerprint density at radius 3 is 2.56 bits per heavy atom. The van der Waals surface area contributed by atoms with E-state index in [1.54, 1.807) is 11.3 Å². The van der Waals surface area contributed by atoms with Gasteiger partial charge in [0.2, 0.25) is 0 Å². The number of aryl methyl sites for hydroxylation is 1. The maximum absolute atomic E-state index is 12.6. The number of nitrogens with zero attached hydrogens (tertiary/aromatic N) is 1. The van der Waals surface area contributed by atoms with Crippen LogP contribution < -0.4 is 5.32 Å². The third kappa shape index (κ3) is 3.91. The van der Waals surface area contributed by atoms with Gasteiger partial charge in [-0.05, 0) is 35.7 Å². The molecule has 0 unspecified atom stereocenters. The molecule has 0 spiro atoms. The summed E-state index contributed by atoms with van der Waals surface area (Å²) in [6, 6.07) is 22.2. The molecular formula is C23H20N2OS. The van der Waals surface area contributed by atoms with E-state index < -0.39 is 0 Å². The van der Waals surface area contributed by atoms with E-state index in [0.29, 0.717) is 6.54 Å². The van der Waals surface area contributed by atoms with Crippen LogP contribution in [0, 0.1) is 6.92 Å². The second-order valence-corrected chi connectivity index (χ2v) is 7.54. The molecular weight excluding hydrogens is 352 g/mol. The van der Waals surface area contributed by atoms with E-state index in [4.69, 9.17) is 0 Å². The predicted molar refractivity (Wildman–Crippen MR) is 112 cm³/mol. The summed E-state index contributed by atoms with van der Waals surface area (Å²) in [5.41, 5.74) is 4.07. The van der Waals surface area contributed by atoms with Crippen LogP contribution in [-0.2, 0) is 6.42 Å². The highest BCUT2D eigenvalue weighted by Crippen LogP contribution is 2.22. The summed E-state index contributed by atoms with van der Waals surface area (Å²) < 4.78 is 0. The number of fused-ring (bicyclic) bond motifs is 1. The first-order valence-electron chi connectivity index (χ1n) is 8.98. The highest BCUT2D eigenvalue weighted by Gasteiger charge is 2.09. The topological polar surface area (TPSA) is 42.0 Å². The molecule has 4 aromatic rings. The summed E-state index contributed by atoms with van der Waals surface area (Å²) in [5.74, 6) is -0.0265. The van der Waals surface area contributed by atoms with Crippen LogP contribution in [-0.4, -0.2) is 17.4 Å². The van der Waals surface area contributed by atoms with Crippen LogP contribution in [0.25, 0.3) is 22.0 Å². The number of amides is 1. The van der Waals surface area contributed by atoms with Crippen molar-refractivity contribution in [2.24, 2.45) is 0 Å². The summed E-state index contributed by atoms with van der Waals surface area (Å²) in [6.45, 7) is 2.62. The average Bonchev–Trinajstić information content (AvgIpc) is 3.14. The van der Waals surface area contributed by atoms with Gasteiger partial charge in [-0.2, -0.15) is 0 Å². The van der Waals surface area contributed by atoms with E-state index in [9.17, 15) is 4.79 Å². The lowest BCUT2D eigenvalue weighted by Crippen LogP contribution is -2.25. The summed E-state index contributed by atoms with van der Waals surface area (Å²) in [5, 5.41) is 8.26.